The van der Waals surface area contributed by atoms with Crippen LogP contribution in [-0.4, -0.2) is 33.1 Å². The number of nitrogens with one attached hydrogen (secondary N) is 1. The third-order valence-electron chi connectivity index (χ3n) is 1.80. The van der Waals surface area contributed by atoms with Crippen molar-refractivity contribution in [1.29, 1.82) is 0 Å². The smallest absolute Gasteiger partial charge is 0.358 e. The fourth-order valence-electron chi connectivity index (χ4n) is 1.16. The summed E-state index contributed by atoms with van der Waals surface area (Å²) in [5.74, 6) is -0.916. The van der Waals surface area contributed by atoms with E-state index in [9.17, 15) is 4.79 Å². The summed E-state index contributed by atoms with van der Waals surface area (Å²) in [5.41, 5.74) is 0.877. The van der Waals surface area contributed by atoms with Crippen LogP contribution in [0.3, 0.4) is 0 Å². The van der Waals surface area contributed by atoms with Gasteiger partial charge in [0.25, 0.3) is 0 Å². The molecule has 0 bridgehead atoms. The largest absolute Gasteiger partial charge is 0.494 e. The van der Waals surface area contributed by atoms with E-state index >= 15 is 0 Å². The zero-order valence-corrected chi connectivity index (χ0v) is 7.31. The summed E-state index contributed by atoms with van der Waals surface area (Å²) in [4.78, 5) is 21.3. The average Bonchev–Trinajstić information content (AvgIpc) is 2.62. The van der Waals surface area contributed by atoms with Crippen molar-refractivity contribution >= 4 is 17.1 Å². The van der Waals surface area contributed by atoms with E-state index in [-0.39, 0.29) is 11.4 Å². The van der Waals surface area contributed by atoms with E-state index in [1.54, 1.807) is 6.07 Å². The van der Waals surface area contributed by atoms with Crippen molar-refractivity contribution in [2.24, 2.45) is 0 Å². The molecule has 0 fully saturated rings. The van der Waals surface area contributed by atoms with Gasteiger partial charge in [0.2, 0.25) is 0 Å². The molecule has 2 aromatic heterocycles. The van der Waals surface area contributed by atoms with Crippen molar-refractivity contribution in [3.8, 4) is 5.75 Å². The summed E-state index contributed by atoms with van der Waals surface area (Å²) in [5, 5.41) is 8.81. The molecule has 0 aliphatic carbocycles. The molecule has 72 valence electrons. The maximum atomic E-state index is 10.8. The molecule has 0 amide bonds. The third kappa shape index (κ3) is 1.17. The highest BCUT2D eigenvalue weighted by molar-refractivity contribution is 5.91. The minimum atomic E-state index is -1.13. The molecule has 14 heavy (non-hydrogen) atoms. The fourth-order valence-corrected chi connectivity index (χ4v) is 1.16. The molecule has 2 N–H and O–H groups in total. The Hall–Kier alpha value is -2.11. The Morgan fingerprint density at radius 3 is 3.07 bits per heavy atom. The van der Waals surface area contributed by atoms with Crippen LogP contribution in [0.4, 0.5) is 0 Å². The molecule has 2 aromatic rings. The molecule has 0 spiro atoms. The van der Waals surface area contributed by atoms with Gasteiger partial charge in [-0.3, -0.25) is 0 Å². The number of carboxylic acids is 1. The lowest BCUT2D eigenvalue weighted by atomic mass is 10.3. The number of hydrogen-bond donors (Lipinski definition) is 2. The first kappa shape index (κ1) is 8.49. The van der Waals surface area contributed by atoms with Gasteiger partial charge in [-0.2, -0.15) is 0 Å². The van der Waals surface area contributed by atoms with Gasteiger partial charge in [-0.15, -0.1) is 0 Å². The SMILES string of the molecule is COc1cc2[nH]cnc2nc1C(=O)O. The maximum Gasteiger partial charge on any atom is 0.358 e. The predicted octanol–water partition coefficient (Wildman–Crippen LogP) is 0.665. The number of pyridine rings is 1. The summed E-state index contributed by atoms with van der Waals surface area (Å²) < 4.78 is 4.89. The molecule has 0 saturated carbocycles. The number of carbonyl (C=O) groups is 1. The summed E-state index contributed by atoms with van der Waals surface area (Å²) in [7, 11) is 1.39. The van der Waals surface area contributed by atoms with E-state index in [4.69, 9.17) is 9.84 Å². The molecule has 0 aromatic carbocycles. The number of methoxy groups -OCH3 is 1. The van der Waals surface area contributed by atoms with Crippen LogP contribution in [0.25, 0.3) is 11.2 Å². The third-order valence-corrected chi connectivity index (χ3v) is 1.80. The number of imidazole rings is 1. The molecule has 0 aliphatic rings. The molecule has 0 saturated heterocycles. The van der Waals surface area contributed by atoms with Crippen molar-refractivity contribution in [3.05, 3.63) is 18.1 Å². The molecule has 0 unspecified atom stereocenters. The Bertz CT molecular complexity index is 492. The Morgan fingerprint density at radius 2 is 2.43 bits per heavy atom. The highest BCUT2D eigenvalue weighted by Crippen LogP contribution is 2.20. The van der Waals surface area contributed by atoms with Gasteiger partial charge in [0.05, 0.1) is 19.0 Å². The number of carboxylic acid groups (broad SMARTS) is 1. The van der Waals surface area contributed by atoms with Gasteiger partial charge >= 0.3 is 5.97 Å². The van der Waals surface area contributed by atoms with Crippen LogP contribution in [0.2, 0.25) is 0 Å². The average molecular weight is 193 g/mol. The lowest BCUT2D eigenvalue weighted by Gasteiger charge is -2.02. The van der Waals surface area contributed by atoms with Gasteiger partial charge in [-0.1, -0.05) is 0 Å². The molecule has 0 atom stereocenters. The second kappa shape index (κ2) is 2.99. The Kier molecular flexibility index (Phi) is 1.81. The number of hydrogen-bond acceptors (Lipinski definition) is 4. The number of ether oxygens (including phenoxy) is 1. The number of aromatic nitrogens is 3. The van der Waals surface area contributed by atoms with Crippen LogP contribution in [0.15, 0.2) is 12.4 Å². The standard InChI is InChI=1S/C8H7N3O3/c1-14-5-2-4-7(10-3-9-4)11-6(5)8(12)13/h2-3H,1H3,(H,12,13)(H,9,10,11). The van der Waals surface area contributed by atoms with Crippen LogP contribution in [0.1, 0.15) is 10.5 Å². The van der Waals surface area contributed by atoms with E-state index < -0.39 is 5.97 Å². The normalized spacial score (nSPS) is 10.4. The quantitative estimate of drug-likeness (QED) is 0.731. The second-order valence-corrected chi connectivity index (χ2v) is 2.62. The first-order valence-corrected chi connectivity index (χ1v) is 3.84. The first-order valence-electron chi connectivity index (χ1n) is 3.84. The molecule has 0 radical (unpaired) electrons. The Morgan fingerprint density at radius 1 is 1.64 bits per heavy atom. The number of nitrogens with zero attached hydrogens (tertiary/aromatic N) is 2. The highest BCUT2D eigenvalue weighted by Gasteiger charge is 2.14. The van der Waals surface area contributed by atoms with E-state index in [2.05, 4.69) is 15.0 Å². The van der Waals surface area contributed by atoms with E-state index in [1.165, 1.54) is 13.4 Å². The summed E-state index contributed by atoms with van der Waals surface area (Å²) in [6.45, 7) is 0. The van der Waals surface area contributed by atoms with Crippen molar-refractivity contribution in [1.82, 2.24) is 15.0 Å². The minimum Gasteiger partial charge on any atom is -0.494 e. The summed E-state index contributed by atoms with van der Waals surface area (Å²) >= 11 is 0. The predicted molar refractivity (Wildman–Crippen MR) is 47.4 cm³/mol. The van der Waals surface area contributed by atoms with E-state index in [0.717, 1.165) is 0 Å². The molecule has 2 heterocycles. The van der Waals surface area contributed by atoms with E-state index in [0.29, 0.717) is 11.2 Å². The van der Waals surface area contributed by atoms with Gasteiger partial charge in [0.15, 0.2) is 17.1 Å². The Balaban J connectivity index is 2.72. The topological polar surface area (TPSA) is 88.1 Å². The van der Waals surface area contributed by atoms with Gasteiger partial charge in [0, 0.05) is 6.07 Å². The molecule has 2 rings (SSSR count). The maximum absolute atomic E-state index is 10.8. The molecule has 6 heteroatoms. The zero-order chi connectivity index (χ0) is 10.1. The molecule has 6 nitrogen and oxygen atoms in total. The monoisotopic (exact) mass is 193 g/mol. The van der Waals surface area contributed by atoms with Crippen molar-refractivity contribution in [2.75, 3.05) is 7.11 Å². The molecular weight excluding hydrogens is 186 g/mol. The molecular formula is C8H7N3O3. The number of H-pyrrole nitrogens is 1. The number of rotatable bonds is 2. The van der Waals surface area contributed by atoms with Crippen molar-refractivity contribution < 1.29 is 14.6 Å². The molecule has 0 aliphatic heterocycles. The van der Waals surface area contributed by atoms with Crippen LogP contribution < -0.4 is 4.74 Å². The van der Waals surface area contributed by atoms with E-state index in [1.807, 2.05) is 0 Å². The number of aromatic amines is 1. The fraction of sp³-hybridized carbons (Fsp3) is 0.125. The second-order valence-electron chi connectivity index (χ2n) is 2.62. The zero-order valence-electron chi connectivity index (χ0n) is 7.31. The van der Waals surface area contributed by atoms with Gasteiger partial charge in [-0.25, -0.2) is 14.8 Å². The van der Waals surface area contributed by atoms with Crippen molar-refractivity contribution in [2.45, 2.75) is 0 Å². The van der Waals surface area contributed by atoms with Gasteiger partial charge in [-0.05, 0) is 0 Å². The van der Waals surface area contributed by atoms with Crippen LogP contribution in [-0.2, 0) is 0 Å². The lowest BCUT2D eigenvalue weighted by Crippen LogP contribution is -2.03. The van der Waals surface area contributed by atoms with Crippen LogP contribution in [0, 0.1) is 0 Å². The lowest BCUT2D eigenvalue weighted by molar-refractivity contribution is 0.0687. The summed E-state index contributed by atoms with van der Waals surface area (Å²) in [6, 6.07) is 1.55. The van der Waals surface area contributed by atoms with Gasteiger partial charge < -0.3 is 14.8 Å². The number of fused-ring (bicyclic) bond motifs is 1. The van der Waals surface area contributed by atoms with Gasteiger partial charge in [0.1, 0.15) is 0 Å². The van der Waals surface area contributed by atoms with Crippen LogP contribution >= 0.6 is 0 Å². The number of aromatic carboxylic acids is 1. The summed E-state index contributed by atoms with van der Waals surface area (Å²) in [6.07, 6.45) is 1.45. The first-order chi connectivity index (χ1) is 6.72. The Labute approximate surface area is 78.6 Å². The highest BCUT2D eigenvalue weighted by atomic mass is 16.5. The minimum absolute atomic E-state index is 0.132. The van der Waals surface area contributed by atoms with Crippen molar-refractivity contribution in [3.63, 3.8) is 0 Å². The van der Waals surface area contributed by atoms with Crippen LogP contribution in [0.5, 0.6) is 5.75 Å².